The molecule has 0 radical (unpaired) electrons. The highest BCUT2D eigenvalue weighted by atomic mass is 16.5. The third-order valence-electron chi connectivity index (χ3n) is 3.40. The van der Waals surface area contributed by atoms with Crippen molar-refractivity contribution in [2.45, 2.75) is 13.5 Å². The van der Waals surface area contributed by atoms with Crippen LogP contribution in [0, 0.1) is 0 Å². The number of H-pyrrole nitrogens is 1. The van der Waals surface area contributed by atoms with Crippen molar-refractivity contribution in [3.05, 3.63) is 60.3 Å². The molecule has 0 atom stereocenters. The molecule has 5 heteroatoms. The van der Waals surface area contributed by atoms with Gasteiger partial charge in [0.25, 0.3) is 0 Å². The molecule has 0 aliphatic rings. The van der Waals surface area contributed by atoms with Gasteiger partial charge in [-0.2, -0.15) is 5.10 Å². The van der Waals surface area contributed by atoms with Crippen molar-refractivity contribution in [2.75, 3.05) is 12.3 Å². The molecule has 0 saturated carbocycles. The first kappa shape index (κ1) is 15.0. The number of benzene rings is 2. The van der Waals surface area contributed by atoms with Crippen LogP contribution in [0.5, 0.6) is 11.5 Å². The third-order valence-corrected chi connectivity index (χ3v) is 3.40. The molecule has 3 aromatic rings. The normalized spacial score (nSPS) is 10.5. The number of aromatic amines is 1. The maximum absolute atomic E-state index is 5.87. The maximum Gasteiger partial charge on any atom is 0.142 e. The first-order chi connectivity index (χ1) is 11.3. The van der Waals surface area contributed by atoms with Crippen molar-refractivity contribution in [3.63, 3.8) is 0 Å². The number of para-hydroxylation sites is 3. The summed E-state index contributed by atoms with van der Waals surface area (Å²) in [5, 5.41) is 7.34. The second-order valence-corrected chi connectivity index (χ2v) is 5.03. The molecule has 0 saturated heterocycles. The number of nitrogen functional groups attached to an aromatic ring is 1. The summed E-state index contributed by atoms with van der Waals surface area (Å²) < 4.78 is 11.4. The summed E-state index contributed by atoms with van der Waals surface area (Å²) in [5.74, 6) is 1.49. The van der Waals surface area contributed by atoms with E-state index in [1.165, 1.54) is 0 Å². The van der Waals surface area contributed by atoms with E-state index in [0.717, 1.165) is 22.7 Å². The van der Waals surface area contributed by atoms with E-state index in [4.69, 9.17) is 15.2 Å². The topological polar surface area (TPSA) is 73.2 Å². The largest absolute Gasteiger partial charge is 0.493 e. The van der Waals surface area contributed by atoms with E-state index in [1.54, 1.807) is 0 Å². The SMILES string of the molecule is CCOc1ccccc1-c1cc(COc2ccccc2N)[nH]n1. The summed E-state index contributed by atoms with van der Waals surface area (Å²) in [6.45, 7) is 2.95. The zero-order valence-electron chi connectivity index (χ0n) is 13.0. The minimum Gasteiger partial charge on any atom is -0.493 e. The van der Waals surface area contributed by atoms with Crippen LogP contribution < -0.4 is 15.2 Å². The van der Waals surface area contributed by atoms with Crippen LogP contribution in [0.25, 0.3) is 11.3 Å². The molecule has 3 N–H and O–H groups in total. The van der Waals surface area contributed by atoms with E-state index >= 15 is 0 Å². The number of rotatable bonds is 6. The standard InChI is InChI=1S/C18H19N3O2/c1-2-22-17-9-5-3-7-14(17)16-11-13(20-21-16)12-23-18-10-6-4-8-15(18)19/h3-11H,2,12,19H2,1H3,(H,20,21). The molecule has 3 rings (SSSR count). The number of aromatic nitrogens is 2. The fourth-order valence-electron chi connectivity index (χ4n) is 2.30. The molecule has 1 aromatic heterocycles. The highest BCUT2D eigenvalue weighted by molar-refractivity contribution is 5.67. The molecule has 0 fully saturated rings. The Morgan fingerprint density at radius 3 is 2.52 bits per heavy atom. The average molecular weight is 309 g/mol. The molecule has 1 heterocycles. The lowest BCUT2D eigenvalue weighted by Crippen LogP contribution is -1.98. The minimum atomic E-state index is 0.373. The molecule has 23 heavy (non-hydrogen) atoms. The van der Waals surface area contributed by atoms with Gasteiger partial charge >= 0.3 is 0 Å². The fraction of sp³-hybridized carbons (Fsp3) is 0.167. The molecule has 0 amide bonds. The molecular weight excluding hydrogens is 290 g/mol. The molecule has 118 valence electrons. The molecule has 0 spiro atoms. The average Bonchev–Trinajstić information content (AvgIpc) is 3.04. The Bertz CT molecular complexity index is 783. The number of ether oxygens (including phenoxy) is 2. The highest BCUT2D eigenvalue weighted by Crippen LogP contribution is 2.29. The predicted molar refractivity (Wildman–Crippen MR) is 90.4 cm³/mol. The lowest BCUT2D eigenvalue weighted by atomic mass is 10.1. The van der Waals surface area contributed by atoms with Gasteiger partial charge in [-0.25, -0.2) is 0 Å². The lowest BCUT2D eigenvalue weighted by Gasteiger charge is -2.07. The van der Waals surface area contributed by atoms with E-state index in [9.17, 15) is 0 Å². The van der Waals surface area contributed by atoms with E-state index in [0.29, 0.717) is 24.7 Å². The van der Waals surface area contributed by atoms with Gasteiger partial charge in [-0.05, 0) is 37.3 Å². The first-order valence-corrected chi connectivity index (χ1v) is 7.51. The van der Waals surface area contributed by atoms with Crippen molar-refractivity contribution >= 4 is 5.69 Å². The van der Waals surface area contributed by atoms with E-state index in [1.807, 2.05) is 61.5 Å². The van der Waals surface area contributed by atoms with Crippen molar-refractivity contribution in [1.29, 1.82) is 0 Å². The minimum absolute atomic E-state index is 0.373. The van der Waals surface area contributed by atoms with Gasteiger partial charge in [0.05, 0.1) is 23.7 Å². The van der Waals surface area contributed by atoms with Gasteiger partial charge in [-0.3, -0.25) is 5.10 Å². The van der Waals surface area contributed by atoms with Crippen LogP contribution in [0.15, 0.2) is 54.6 Å². The zero-order chi connectivity index (χ0) is 16.1. The van der Waals surface area contributed by atoms with Gasteiger partial charge in [0.1, 0.15) is 18.1 Å². The second-order valence-electron chi connectivity index (χ2n) is 5.03. The number of anilines is 1. The third kappa shape index (κ3) is 3.45. The van der Waals surface area contributed by atoms with Crippen LogP contribution in [0.4, 0.5) is 5.69 Å². The van der Waals surface area contributed by atoms with E-state index in [-0.39, 0.29) is 0 Å². The van der Waals surface area contributed by atoms with Gasteiger partial charge in [0.15, 0.2) is 0 Å². The van der Waals surface area contributed by atoms with Gasteiger partial charge in [0, 0.05) is 5.56 Å². The zero-order valence-corrected chi connectivity index (χ0v) is 13.0. The van der Waals surface area contributed by atoms with Crippen molar-refractivity contribution in [3.8, 4) is 22.8 Å². The van der Waals surface area contributed by atoms with E-state index in [2.05, 4.69) is 10.2 Å². The van der Waals surface area contributed by atoms with Crippen LogP contribution in [0.3, 0.4) is 0 Å². The number of nitrogens with one attached hydrogen (secondary N) is 1. The summed E-state index contributed by atoms with van der Waals surface area (Å²) in [5.41, 5.74) is 9.14. The maximum atomic E-state index is 5.87. The van der Waals surface area contributed by atoms with Crippen LogP contribution in [0.2, 0.25) is 0 Å². The Morgan fingerprint density at radius 2 is 1.74 bits per heavy atom. The Hall–Kier alpha value is -2.95. The molecule has 0 bridgehead atoms. The van der Waals surface area contributed by atoms with Gasteiger partial charge in [-0.15, -0.1) is 0 Å². The van der Waals surface area contributed by atoms with Crippen molar-refractivity contribution in [2.24, 2.45) is 0 Å². The van der Waals surface area contributed by atoms with Gasteiger partial charge in [-0.1, -0.05) is 24.3 Å². The quantitative estimate of drug-likeness (QED) is 0.682. The monoisotopic (exact) mass is 309 g/mol. The van der Waals surface area contributed by atoms with Crippen LogP contribution in [-0.4, -0.2) is 16.8 Å². The summed E-state index contributed by atoms with van der Waals surface area (Å²) >= 11 is 0. The number of nitrogens with two attached hydrogens (primary N) is 1. The number of hydrogen-bond acceptors (Lipinski definition) is 4. The molecular formula is C18H19N3O2. The van der Waals surface area contributed by atoms with Gasteiger partial charge < -0.3 is 15.2 Å². The Kier molecular flexibility index (Phi) is 4.47. The molecule has 0 aliphatic heterocycles. The van der Waals surface area contributed by atoms with Crippen molar-refractivity contribution in [1.82, 2.24) is 10.2 Å². The predicted octanol–water partition coefficient (Wildman–Crippen LogP) is 3.64. The molecule has 0 aliphatic carbocycles. The highest BCUT2D eigenvalue weighted by Gasteiger charge is 2.10. The number of nitrogens with zero attached hydrogens (tertiary/aromatic N) is 1. The smallest absolute Gasteiger partial charge is 0.142 e. The summed E-state index contributed by atoms with van der Waals surface area (Å²) in [4.78, 5) is 0. The van der Waals surface area contributed by atoms with E-state index < -0.39 is 0 Å². The van der Waals surface area contributed by atoms with Crippen LogP contribution >= 0.6 is 0 Å². The first-order valence-electron chi connectivity index (χ1n) is 7.51. The van der Waals surface area contributed by atoms with Gasteiger partial charge in [0.2, 0.25) is 0 Å². The lowest BCUT2D eigenvalue weighted by molar-refractivity contribution is 0.303. The Balaban J connectivity index is 1.75. The number of hydrogen-bond donors (Lipinski definition) is 2. The summed E-state index contributed by atoms with van der Waals surface area (Å²) in [7, 11) is 0. The molecule has 5 nitrogen and oxygen atoms in total. The fourth-order valence-corrected chi connectivity index (χ4v) is 2.30. The summed E-state index contributed by atoms with van der Waals surface area (Å²) in [6.07, 6.45) is 0. The molecule has 0 unspecified atom stereocenters. The second kappa shape index (κ2) is 6.87. The Labute approximate surface area is 135 Å². The van der Waals surface area contributed by atoms with Crippen LogP contribution in [-0.2, 0) is 6.61 Å². The Morgan fingerprint density at radius 1 is 1.00 bits per heavy atom. The summed E-state index contributed by atoms with van der Waals surface area (Å²) in [6, 6.07) is 17.2. The van der Waals surface area contributed by atoms with Crippen molar-refractivity contribution < 1.29 is 9.47 Å². The molecule has 2 aromatic carbocycles. The van der Waals surface area contributed by atoms with Crippen LogP contribution in [0.1, 0.15) is 12.6 Å².